The molecule has 1 rings (SSSR count). The number of carboxylic acid groups (broad SMARTS) is 1. The summed E-state index contributed by atoms with van der Waals surface area (Å²) in [6, 6.07) is 0.108. The highest BCUT2D eigenvalue weighted by atomic mass is 16.4. The van der Waals surface area contributed by atoms with E-state index in [1.807, 2.05) is 17.7 Å². The summed E-state index contributed by atoms with van der Waals surface area (Å²) >= 11 is 0. The summed E-state index contributed by atoms with van der Waals surface area (Å²) in [6.07, 6.45) is 8.44. The second-order valence-electron chi connectivity index (χ2n) is 5.33. The largest absolute Gasteiger partial charge is 0.481 e. The highest BCUT2D eigenvalue weighted by molar-refractivity contribution is 5.76. The number of aromatic nitrogens is 2. The SMILES string of the molecule is CCCC(CC(=O)NCC(CC)CC(=O)O)n1ccnc1. The van der Waals surface area contributed by atoms with Crippen molar-refractivity contribution in [2.75, 3.05) is 6.54 Å². The number of rotatable bonds is 10. The number of aliphatic carboxylic acids is 1. The van der Waals surface area contributed by atoms with Crippen molar-refractivity contribution in [1.82, 2.24) is 14.9 Å². The van der Waals surface area contributed by atoms with Crippen molar-refractivity contribution in [1.29, 1.82) is 0 Å². The van der Waals surface area contributed by atoms with Crippen LogP contribution in [-0.4, -0.2) is 33.1 Å². The van der Waals surface area contributed by atoms with Crippen LogP contribution >= 0.6 is 0 Å². The van der Waals surface area contributed by atoms with Gasteiger partial charge in [-0.1, -0.05) is 26.7 Å². The lowest BCUT2D eigenvalue weighted by molar-refractivity contribution is -0.138. The molecule has 0 aliphatic heterocycles. The number of imidazole rings is 1. The van der Waals surface area contributed by atoms with Gasteiger partial charge in [0.05, 0.1) is 6.33 Å². The minimum atomic E-state index is -0.821. The Bertz CT molecular complexity index is 431. The summed E-state index contributed by atoms with van der Waals surface area (Å²) in [4.78, 5) is 26.8. The summed E-state index contributed by atoms with van der Waals surface area (Å²) in [5, 5.41) is 11.7. The van der Waals surface area contributed by atoms with Gasteiger partial charge < -0.3 is 15.0 Å². The molecule has 118 valence electrons. The lowest BCUT2D eigenvalue weighted by Crippen LogP contribution is -2.31. The first-order chi connectivity index (χ1) is 10.1. The second kappa shape index (κ2) is 9.15. The summed E-state index contributed by atoms with van der Waals surface area (Å²) in [7, 11) is 0. The van der Waals surface area contributed by atoms with Crippen molar-refractivity contribution >= 4 is 11.9 Å². The maximum absolute atomic E-state index is 12.0. The molecule has 0 aliphatic rings. The van der Waals surface area contributed by atoms with Crippen molar-refractivity contribution < 1.29 is 14.7 Å². The lowest BCUT2D eigenvalue weighted by Gasteiger charge is -2.19. The topological polar surface area (TPSA) is 84.2 Å². The highest BCUT2D eigenvalue weighted by Crippen LogP contribution is 2.17. The normalized spacial score (nSPS) is 13.6. The standard InChI is InChI=1S/C15H25N3O3/c1-3-5-13(18-7-6-16-11-18)9-14(19)17-10-12(4-2)8-15(20)21/h6-7,11-13H,3-5,8-10H2,1-2H3,(H,17,19)(H,20,21). The van der Waals surface area contributed by atoms with Crippen LogP contribution in [-0.2, 0) is 9.59 Å². The monoisotopic (exact) mass is 295 g/mol. The summed E-state index contributed by atoms with van der Waals surface area (Å²) in [5.74, 6) is -0.867. The third kappa shape index (κ3) is 6.42. The van der Waals surface area contributed by atoms with Crippen LogP contribution in [0.1, 0.15) is 52.0 Å². The molecule has 0 saturated heterocycles. The van der Waals surface area contributed by atoms with E-state index < -0.39 is 5.97 Å². The van der Waals surface area contributed by atoms with E-state index in [1.54, 1.807) is 12.5 Å². The zero-order valence-corrected chi connectivity index (χ0v) is 12.8. The van der Waals surface area contributed by atoms with Gasteiger partial charge in [0.25, 0.3) is 0 Å². The molecule has 0 aromatic carbocycles. The lowest BCUT2D eigenvalue weighted by atomic mass is 10.0. The fourth-order valence-electron chi connectivity index (χ4n) is 2.33. The van der Waals surface area contributed by atoms with Crippen LogP contribution in [0, 0.1) is 5.92 Å². The Balaban J connectivity index is 2.45. The molecule has 1 aromatic heterocycles. The molecule has 0 aliphatic carbocycles. The molecule has 0 spiro atoms. The van der Waals surface area contributed by atoms with Gasteiger partial charge in [0.1, 0.15) is 0 Å². The predicted octanol–water partition coefficient (Wildman–Crippen LogP) is 2.23. The first-order valence-electron chi connectivity index (χ1n) is 7.52. The molecule has 2 unspecified atom stereocenters. The zero-order valence-electron chi connectivity index (χ0n) is 12.8. The Labute approximate surface area is 125 Å². The molecule has 6 nitrogen and oxygen atoms in total. The molecule has 21 heavy (non-hydrogen) atoms. The molecule has 1 amide bonds. The molecule has 6 heteroatoms. The minimum absolute atomic E-state index is 0.00989. The molecule has 1 heterocycles. The third-order valence-electron chi connectivity index (χ3n) is 3.62. The maximum atomic E-state index is 12.0. The number of nitrogens with one attached hydrogen (secondary N) is 1. The van der Waals surface area contributed by atoms with Gasteiger partial charge in [-0.15, -0.1) is 0 Å². The summed E-state index contributed by atoms with van der Waals surface area (Å²) < 4.78 is 1.96. The average molecular weight is 295 g/mol. The Morgan fingerprint density at radius 3 is 2.62 bits per heavy atom. The number of nitrogens with zero attached hydrogens (tertiary/aromatic N) is 2. The quantitative estimate of drug-likeness (QED) is 0.693. The van der Waals surface area contributed by atoms with E-state index in [4.69, 9.17) is 5.11 Å². The number of carbonyl (C=O) groups is 2. The van der Waals surface area contributed by atoms with E-state index in [0.29, 0.717) is 13.0 Å². The third-order valence-corrected chi connectivity index (χ3v) is 3.62. The fourth-order valence-corrected chi connectivity index (χ4v) is 2.33. The van der Waals surface area contributed by atoms with Gasteiger partial charge in [-0.3, -0.25) is 9.59 Å². The van der Waals surface area contributed by atoms with Crippen molar-refractivity contribution in [3.05, 3.63) is 18.7 Å². The summed E-state index contributed by atoms with van der Waals surface area (Å²) in [5.41, 5.74) is 0. The molecular weight excluding hydrogens is 270 g/mol. The molecule has 0 radical (unpaired) electrons. The molecule has 0 saturated carbocycles. The number of hydrogen-bond donors (Lipinski definition) is 2. The average Bonchev–Trinajstić information content (AvgIpc) is 2.96. The number of hydrogen-bond acceptors (Lipinski definition) is 3. The predicted molar refractivity (Wildman–Crippen MR) is 79.8 cm³/mol. The number of amides is 1. The van der Waals surface area contributed by atoms with Gasteiger partial charge >= 0.3 is 5.97 Å². The molecule has 0 bridgehead atoms. The van der Waals surface area contributed by atoms with E-state index in [0.717, 1.165) is 19.3 Å². The van der Waals surface area contributed by atoms with Gasteiger partial charge in [-0.05, 0) is 12.3 Å². The van der Waals surface area contributed by atoms with Crippen molar-refractivity contribution in [3.63, 3.8) is 0 Å². The fraction of sp³-hybridized carbons (Fsp3) is 0.667. The van der Waals surface area contributed by atoms with E-state index in [-0.39, 0.29) is 24.3 Å². The van der Waals surface area contributed by atoms with Crippen LogP contribution in [0.3, 0.4) is 0 Å². The number of carboxylic acids is 1. The number of carbonyl (C=O) groups excluding carboxylic acids is 1. The van der Waals surface area contributed by atoms with Gasteiger partial charge in [0.15, 0.2) is 0 Å². The van der Waals surface area contributed by atoms with Crippen LogP contribution < -0.4 is 5.32 Å². The Morgan fingerprint density at radius 2 is 2.10 bits per heavy atom. The van der Waals surface area contributed by atoms with Gasteiger partial charge in [0.2, 0.25) is 5.91 Å². The van der Waals surface area contributed by atoms with Crippen LogP contribution in [0.5, 0.6) is 0 Å². The summed E-state index contributed by atoms with van der Waals surface area (Å²) in [6.45, 7) is 4.44. The van der Waals surface area contributed by atoms with Crippen LogP contribution in [0.25, 0.3) is 0 Å². The Hall–Kier alpha value is -1.85. The van der Waals surface area contributed by atoms with Crippen molar-refractivity contribution in [2.45, 2.75) is 52.0 Å². The van der Waals surface area contributed by atoms with Crippen molar-refractivity contribution in [2.24, 2.45) is 5.92 Å². The highest BCUT2D eigenvalue weighted by Gasteiger charge is 2.16. The first kappa shape index (κ1) is 17.2. The first-order valence-corrected chi connectivity index (χ1v) is 7.52. The maximum Gasteiger partial charge on any atom is 0.303 e. The van der Waals surface area contributed by atoms with Crippen molar-refractivity contribution in [3.8, 4) is 0 Å². The molecule has 0 fully saturated rings. The van der Waals surface area contributed by atoms with Gasteiger partial charge in [0, 0.05) is 37.8 Å². The van der Waals surface area contributed by atoms with E-state index in [1.165, 1.54) is 0 Å². The minimum Gasteiger partial charge on any atom is -0.481 e. The van der Waals surface area contributed by atoms with Crippen LogP contribution in [0.2, 0.25) is 0 Å². The van der Waals surface area contributed by atoms with E-state index in [9.17, 15) is 9.59 Å². The van der Waals surface area contributed by atoms with Gasteiger partial charge in [-0.2, -0.15) is 0 Å². The van der Waals surface area contributed by atoms with Gasteiger partial charge in [-0.25, -0.2) is 4.98 Å². The zero-order chi connectivity index (χ0) is 15.7. The Morgan fingerprint density at radius 1 is 1.33 bits per heavy atom. The molecule has 2 N–H and O–H groups in total. The molecule has 1 aromatic rings. The van der Waals surface area contributed by atoms with E-state index >= 15 is 0 Å². The smallest absolute Gasteiger partial charge is 0.303 e. The van der Waals surface area contributed by atoms with E-state index in [2.05, 4.69) is 17.2 Å². The molecular formula is C15H25N3O3. The Kier molecular flexibility index (Phi) is 7.50. The second-order valence-corrected chi connectivity index (χ2v) is 5.33. The van der Waals surface area contributed by atoms with Crippen LogP contribution in [0.4, 0.5) is 0 Å². The van der Waals surface area contributed by atoms with Crippen LogP contribution in [0.15, 0.2) is 18.7 Å². The molecule has 2 atom stereocenters.